The topological polar surface area (TPSA) is 84.9 Å². The van der Waals surface area contributed by atoms with Gasteiger partial charge < -0.3 is 14.8 Å². The van der Waals surface area contributed by atoms with Crippen LogP contribution in [0.5, 0.6) is 0 Å². The minimum atomic E-state index is -0.887. The van der Waals surface area contributed by atoms with Crippen molar-refractivity contribution in [3.8, 4) is 0 Å². The first-order valence-corrected chi connectivity index (χ1v) is 10.6. The van der Waals surface area contributed by atoms with E-state index >= 15 is 0 Å². The number of ether oxygens (including phenoxy) is 2. The normalized spacial score (nSPS) is 13.9. The third-order valence-corrected chi connectivity index (χ3v) is 4.29. The molecule has 0 unspecified atom stereocenters. The van der Waals surface area contributed by atoms with E-state index in [-0.39, 0.29) is 12.3 Å². The van der Waals surface area contributed by atoms with Crippen LogP contribution >= 0.6 is 0 Å². The van der Waals surface area contributed by atoms with Gasteiger partial charge in [0.05, 0.1) is 0 Å². The average molecular weight is 435 g/mol. The second-order valence-electron chi connectivity index (χ2n) is 10.1. The van der Waals surface area contributed by atoms with E-state index < -0.39 is 41.3 Å². The zero-order chi connectivity index (χ0) is 24.0. The molecule has 0 aliphatic heterocycles. The molecular weight excluding hydrogens is 396 g/mol. The molecule has 0 aromatic heterocycles. The van der Waals surface area contributed by atoms with Gasteiger partial charge in [-0.1, -0.05) is 44.2 Å². The van der Waals surface area contributed by atoms with E-state index in [4.69, 9.17) is 9.47 Å². The summed E-state index contributed by atoms with van der Waals surface area (Å²) in [6.45, 7) is 14.3. The van der Waals surface area contributed by atoms with Crippen molar-refractivity contribution in [1.29, 1.82) is 0 Å². The Labute approximate surface area is 186 Å². The van der Waals surface area contributed by atoms with Crippen molar-refractivity contribution in [2.45, 2.75) is 85.1 Å². The van der Waals surface area contributed by atoms with Crippen LogP contribution in [0, 0.1) is 5.92 Å². The number of nitrogens with one attached hydrogen (secondary N) is 1. The monoisotopic (exact) mass is 434 g/mol. The van der Waals surface area contributed by atoms with E-state index in [1.807, 2.05) is 44.2 Å². The first kappa shape index (κ1) is 26.5. The molecule has 0 aliphatic rings. The van der Waals surface area contributed by atoms with Gasteiger partial charge in [0.1, 0.15) is 23.3 Å². The second-order valence-corrected chi connectivity index (χ2v) is 10.1. The molecule has 0 aliphatic carbocycles. The summed E-state index contributed by atoms with van der Waals surface area (Å²) < 4.78 is 10.9. The number of nitrogens with zero attached hydrogens (tertiary/aromatic N) is 1. The molecule has 0 heterocycles. The second kappa shape index (κ2) is 10.6. The molecule has 1 N–H and O–H groups in total. The van der Waals surface area contributed by atoms with Gasteiger partial charge in [0, 0.05) is 13.5 Å². The summed E-state index contributed by atoms with van der Waals surface area (Å²) in [6, 6.07) is 7.70. The van der Waals surface area contributed by atoms with Gasteiger partial charge in [-0.2, -0.15) is 0 Å². The molecule has 7 heteroatoms. The fourth-order valence-corrected chi connectivity index (χ4v) is 3.05. The summed E-state index contributed by atoms with van der Waals surface area (Å²) >= 11 is 0. The summed E-state index contributed by atoms with van der Waals surface area (Å²) in [5, 5.41) is 2.80. The number of rotatable bonds is 7. The van der Waals surface area contributed by atoms with E-state index in [1.165, 1.54) is 11.9 Å². The van der Waals surface area contributed by atoms with Gasteiger partial charge in [-0.15, -0.1) is 0 Å². The van der Waals surface area contributed by atoms with Crippen LogP contribution in [0.1, 0.15) is 61.0 Å². The molecule has 1 aromatic carbocycles. The summed E-state index contributed by atoms with van der Waals surface area (Å²) in [6.07, 6.45) is -0.319. The van der Waals surface area contributed by atoms with Gasteiger partial charge in [0.15, 0.2) is 0 Å². The summed E-state index contributed by atoms with van der Waals surface area (Å²) in [4.78, 5) is 39.9. The van der Waals surface area contributed by atoms with Crippen LogP contribution in [-0.2, 0) is 25.5 Å². The van der Waals surface area contributed by atoms with Crippen LogP contribution in [0.15, 0.2) is 30.3 Å². The molecule has 0 bridgehead atoms. The average Bonchev–Trinajstić information content (AvgIpc) is 2.58. The Bertz CT molecular complexity index is 747. The highest BCUT2D eigenvalue weighted by atomic mass is 16.6. The van der Waals surface area contributed by atoms with Crippen molar-refractivity contribution >= 4 is 18.0 Å². The molecule has 1 aromatic rings. The Morgan fingerprint density at radius 2 is 1.45 bits per heavy atom. The Kier molecular flexibility index (Phi) is 9.09. The van der Waals surface area contributed by atoms with Crippen molar-refractivity contribution in [1.82, 2.24) is 10.2 Å². The quantitative estimate of drug-likeness (QED) is 0.657. The highest BCUT2D eigenvalue weighted by Gasteiger charge is 2.35. The van der Waals surface area contributed by atoms with Gasteiger partial charge in [-0.3, -0.25) is 9.69 Å². The van der Waals surface area contributed by atoms with Gasteiger partial charge in [-0.25, -0.2) is 9.59 Å². The predicted molar refractivity (Wildman–Crippen MR) is 121 cm³/mol. The lowest BCUT2D eigenvalue weighted by Gasteiger charge is -2.33. The smallest absolute Gasteiger partial charge is 0.410 e. The van der Waals surface area contributed by atoms with Crippen molar-refractivity contribution in [3.05, 3.63) is 35.9 Å². The maximum absolute atomic E-state index is 13.2. The zero-order valence-electron chi connectivity index (χ0n) is 20.3. The van der Waals surface area contributed by atoms with Gasteiger partial charge >= 0.3 is 12.1 Å². The summed E-state index contributed by atoms with van der Waals surface area (Å²) in [7, 11) is 1.53. The summed E-state index contributed by atoms with van der Waals surface area (Å²) in [5.41, 5.74) is -0.489. The largest absolute Gasteiger partial charge is 0.458 e. The van der Waals surface area contributed by atoms with Crippen molar-refractivity contribution in [2.75, 3.05) is 7.05 Å². The number of amides is 2. The number of carbonyl (C=O) groups excluding carboxylic acids is 3. The molecule has 2 atom stereocenters. The standard InChI is InChI=1S/C24H38N2O5/c1-16(2)19(26(9)22(29)31-24(6,7)8)20(27)25-18(21(28)30-23(3,4)5)15-17-13-11-10-12-14-17/h10-14,16,18-19H,15H2,1-9H3,(H,25,27)/t18-,19-/m0/s1. The van der Waals surface area contributed by atoms with Crippen molar-refractivity contribution < 1.29 is 23.9 Å². The molecule has 174 valence electrons. The molecule has 2 amide bonds. The number of hydrogen-bond donors (Lipinski definition) is 1. The van der Waals surface area contributed by atoms with Crippen LogP contribution in [-0.4, -0.2) is 53.2 Å². The number of carbonyl (C=O) groups is 3. The maximum atomic E-state index is 13.2. The fourth-order valence-electron chi connectivity index (χ4n) is 3.05. The minimum Gasteiger partial charge on any atom is -0.458 e. The van der Waals surface area contributed by atoms with Gasteiger partial charge in [-0.05, 0) is 53.0 Å². The van der Waals surface area contributed by atoms with Crippen LogP contribution < -0.4 is 5.32 Å². The Morgan fingerprint density at radius 3 is 1.90 bits per heavy atom. The third kappa shape index (κ3) is 9.40. The molecule has 0 spiro atoms. The number of likely N-dealkylation sites (N-methyl/N-ethyl adjacent to an activating group) is 1. The zero-order valence-corrected chi connectivity index (χ0v) is 20.3. The van der Waals surface area contributed by atoms with E-state index in [1.54, 1.807) is 41.5 Å². The van der Waals surface area contributed by atoms with E-state index in [2.05, 4.69) is 5.32 Å². The highest BCUT2D eigenvalue weighted by Crippen LogP contribution is 2.17. The molecule has 31 heavy (non-hydrogen) atoms. The predicted octanol–water partition coefficient (Wildman–Crippen LogP) is 3.95. The summed E-state index contributed by atoms with van der Waals surface area (Å²) in [5.74, 6) is -1.16. The molecule has 0 saturated carbocycles. The Hall–Kier alpha value is -2.57. The first-order chi connectivity index (χ1) is 14.1. The Morgan fingerprint density at radius 1 is 0.935 bits per heavy atom. The van der Waals surface area contributed by atoms with Crippen LogP contribution in [0.2, 0.25) is 0 Å². The van der Waals surface area contributed by atoms with Gasteiger partial charge in [0.25, 0.3) is 0 Å². The molecule has 0 saturated heterocycles. The number of esters is 1. The minimum absolute atomic E-state index is 0.200. The SMILES string of the molecule is CC(C)[C@@H](C(=O)N[C@@H](Cc1ccccc1)C(=O)OC(C)(C)C)N(C)C(=O)OC(C)(C)C. The molecule has 0 radical (unpaired) electrons. The highest BCUT2D eigenvalue weighted by molar-refractivity contribution is 5.90. The lowest BCUT2D eigenvalue weighted by atomic mass is 10.0. The molecule has 0 fully saturated rings. The maximum Gasteiger partial charge on any atom is 0.410 e. The van der Waals surface area contributed by atoms with E-state index in [9.17, 15) is 14.4 Å². The third-order valence-electron chi connectivity index (χ3n) is 4.29. The lowest BCUT2D eigenvalue weighted by Crippen LogP contribution is -2.55. The molecular formula is C24H38N2O5. The van der Waals surface area contributed by atoms with Crippen LogP contribution in [0.25, 0.3) is 0 Å². The molecule has 7 nitrogen and oxygen atoms in total. The first-order valence-electron chi connectivity index (χ1n) is 10.6. The Balaban J connectivity index is 3.09. The van der Waals surface area contributed by atoms with Crippen molar-refractivity contribution in [2.24, 2.45) is 5.92 Å². The lowest BCUT2D eigenvalue weighted by molar-refractivity contribution is -0.159. The van der Waals surface area contributed by atoms with Crippen LogP contribution in [0.3, 0.4) is 0 Å². The van der Waals surface area contributed by atoms with E-state index in [0.717, 1.165) is 5.56 Å². The van der Waals surface area contributed by atoms with E-state index in [0.29, 0.717) is 0 Å². The van der Waals surface area contributed by atoms with Gasteiger partial charge in [0.2, 0.25) is 5.91 Å². The van der Waals surface area contributed by atoms with Crippen molar-refractivity contribution in [3.63, 3.8) is 0 Å². The number of hydrogen-bond acceptors (Lipinski definition) is 5. The fraction of sp³-hybridized carbons (Fsp3) is 0.625. The number of benzene rings is 1. The molecule has 1 rings (SSSR count). The van der Waals surface area contributed by atoms with Crippen LogP contribution in [0.4, 0.5) is 4.79 Å².